The van der Waals surface area contributed by atoms with Crippen molar-refractivity contribution in [2.45, 2.75) is 51.2 Å². The standard InChI is InChI=1S/C27H32O2Si/c1-27(2,3)30(23-13-7-5-8-14-23,24-15-9-6-10-16-24)29-22-19-18-21-12-11-17-26(28-4)25(21)20-22/h5-17,22H,18-20H2,1-4H3/t22-/m1/s1. The van der Waals surface area contributed by atoms with Gasteiger partial charge in [0.2, 0.25) is 0 Å². The summed E-state index contributed by atoms with van der Waals surface area (Å²) in [4.78, 5) is 0. The maximum Gasteiger partial charge on any atom is 0.261 e. The first-order valence-corrected chi connectivity index (χ1v) is 12.8. The quantitative estimate of drug-likeness (QED) is 0.537. The van der Waals surface area contributed by atoms with Crippen LogP contribution in [-0.4, -0.2) is 21.5 Å². The van der Waals surface area contributed by atoms with Gasteiger partial charge in [0.1, 0.15) is 5.75 Å². The molecule has 0 radical (unpaired) electrons. The van der Waals surface area contributed by atoms with E-state index in [-0.39, 0.29) is 11.1 Å². The first-order valence-electron chi connectivity index (χ1n) is 10.9. The highest BCUT2D eigenvalue weighted by atomic mass is 28.4. The molecule has 1 aliphatic rings. The van der Waals surface area contributed by atoms with Crippen molar-refractivity contribution in [1.29, 1.82) is 0 Å². The van der Waals surface area contributed by atoms with Crippen LogP contribution in [-0.2, 0) is 17.3 Å². The molecule has 30 heavy (non-hydrogen) atoms. The maximum atomic E-state index is 7.36. The Bertz CT molecular complexity index is 923. The van der Waals surface area contributed by atoms with Gasteiger partial charge in [-0.3, -0.25) is 0 Å². The number of fused-ring (bicyclic) bond motifs is 1. The van der Waals surface area contributed by atoms with Gasteiger partial charge < -0.3 is 9.16 Å². The Labute approximate surface area is 182 Å². The minimum Gasteiger partial charge on any atom is -0.496 e. The Morgan fingerprint density at radius 1 is 0.800 bits per heavy atom. The van der Waals surface area contributed by atoms with E-state index in [4.69, 9.17) is 9.16 Å². The van der Waals surface area contributed by atoms with Crippen molar-refractivity contribution < 1.29 is 9.16 Å². The van der Waals surface area contributed by atoms with Gasteiger partial charge in [0.05, 0.1) is 13.2 Å². The minimum atomic E-state index is -2.53. The third-order valence-corrected chi connectivity index (χ3v) is 11.5. The average molecular weight is 417 g/mol. The molecule has 0 aromatic heterocycles. The van der Waals surface area contributed by atoms with E-state index < -0.39 is 8.32 Å². The van der Waals surface area contributed by atoms with Gasteiger partial charge in [0.25, 0.3) is 8.32 Å². The van der Waals surface area contributed by atoms with Gasteiger partial charge >= 0.3 is 0 Å². The lowest BCUT2D eigenvalue weighted by atomic mass is 9.89. The molecule has 2 nitrogen and oxygen atoms in total. The maximum absolute atomic E-state index is 7.36. The lowest BCUT2D eigenvalue weighted by molar-refractivity contribution is 0.170. The molecule has 0 unspecified atom stereocenters. The van der Waals surface area contributed by atoms with Crippen molar-refractivity contribution >= 4 is 18.7 Å². The SMILES string of the molecule is COc1cccc2c1C[C@H](O[Si](c1ccccc1)(c1ccccc1)C(C)(C)C)CC2. The number of rotatable bonds is 5. The second-order valence-electron chi connectivity index (χ2n) is 9.24. The van der Waals surface area contributed by atoms with Crippen LogP contribution in [0.5, 0.6) is 5.75 Å². The van der Waals surface area contributed by atoms with Gasteiger partial charge in [0.15, 0.2) is 0 Å². The van der Waals surface area contributed by atoms with Gasteiger partial charge in [-0.1, -0.05) is 93.6 Å². The molecule has 0 fully saturated rings. The van der Waals surface area contributed by atoms with Crippen LogP contribution in [0.15, 0.2) is 78.9 Å². The Morgan fingerprint density at radius 3 is 1.93 bits per heavy atom. The molecular weight excluding hydrogens is 384 g/mol. The van der Waals surface area contributed by atoms with Crippen LogP contribution >= 0.6 is 0 Å². The van der Waals surface area contributed by atoms with Crippen molar-refractivity contribution in [1.82, 2.24) is 0 Å². The van der Waals surface area contributed by atoms with Crippen LogP contribution < -0.4 is 15.1 Å². The van der Waals surface area contributed by atoms with Crippen molar-refractivity contribution in [2.24, 2.45) is 0 Å². The molecule has 0 spiro atoms. The molecule has 0 amide bonds. The van der Waals surface area contributed by atoms with Gasteiger partial charge in [-0.2, -0.15) is 0 Å². The van der Waals surface area contributed by atoms with Gasteiger partial charge in [0, 0.05) is 6.42 Å². The van der Waals surface area contributed by atoms with Crippen LogP contribution in [0.4, 0.5) is 0 Å². The largest absolute Gasteiger partial charge is 0.496 e. The fourth-order valence-corrected chi connectivity index (χ4v) is 9.67. The predicted octanol–water partition coefficient (Wildman–Crippen LogP) is 5.13. The van der Waals surface area contributed by atoms with E-state index >= 15 is 0 Å². The molecule has 156 valence electrons. The Hall–Kier alpha value is -2.36. The zero-order valence-corrected chi connectivity index (χ0v) is 19.5. The molecule has 0 N–H and O–H groups in total. The molecule has 1 aliphatic carbocycles. The summed E-state index contributed by atoms with van der Waals surface area (Å²) in [7, 11) is -0.760. The first-order chi connectivity index (χ1) is 14.5. The summed E-state index contributed by atoms with van der Waals surface area (Å²) in [6.07, 6.45) is 3.17. The molecule has 0 bridgehead atoms. The smallest absolute Gasteiger partial charge is 0.261 e. The van der Waals surface area contributed by atoms with E-state index in [1.807, 2.05) is 0 Å². The fourth-order valence-electron chi connectivity index (χ4n) is 4.96. The Morgan fingerprint density at radius 2 is 1.40 bits per heavy atom. The summed E-state index contributed by atoms with van der Waals surface area (Å²) in [6, 6.07) is 28.2. The molecular formula is C27H32O2Si. The van der Waals surface area contributed by atoms with E-state index in [1.165, 1.54) is 21.5 Å². The number of hydrogen-bond acceptors (Lipinski definition) is 2. The molecule has 1 atom stereocenters. The number of ether oxygens (including phenoxy) is 1. The third kappa shape index (κ3) is 3.72. The summed E-state index contributed by atoms with van der Waals surface area (Å²) in [6.45, 7) is 7.03. The molecule has 3 heteroatoms. The summed E-state index contributed by atoms with van der Waals surface area (Å²) >= 11 is 0. The average Bonchev–Trinajstić information content (AvgIpc) is 2.77. The van der Waals surface area contributed by atoms with E-state index in [1.54, 1.807) is 7.11 Å². The second kappa shape index (κ2) is 8.41. The highest BCUT2D eigenvalue weighted by molar-refractivity contribution is 6.99. The van der Waals surface area contributed by atoms with Crippen molar-refractivity contribution in [2.75, 3.05) is 7.11 Å². The lowest BCUT2D eigenvalue weighted by Gasteiger charge is -2.46. The van der Waals surface area contributed by atoms with Gasteiger partial charge in [-0.25, -0.2) is 0 Å². The zero-order chi connectivity index (χ0) is 21.2. The van der Waals surface area contributed by atoms with Crippen LogP contribution in [0.2, 0.25) is 5.04 Å². The monoisotopic (exact) mass is 416 g/mol. The van der Waals surface area contributed by atoms with Crippen LogP contribution in [0.3, 0.4) is 0 Å². The van der Waals surface area contributed by atoms with E-state index in [9.17, 15) is 0 Å². The molecule has 0 aliphatic heterocycles. The number of hydrogen-bond donors (Lipinski definition) is 0. The van der Waals surface area contributed by atoms with Crippen molar-refractivity contribution in [3.05, 3.63) is 90.0 Å². The highest BCUT2D eigenvalue weighted by Gasteiger charge is 2.51. The topological polar surface area (TPSA) is 18.5 Å². The summed E-state index contributed by atoms with van der Waals surface area (Å²) in [5.41, 5.74) is 2.71. The molecule has 3 aromatic carbocycles. The van der Waals surface area contributed by atoms with Crippen LogP contribution in [0, 0.1) is 0 Å². The van der Waals surface area contributed by atoms with Gasteiger partial charge in [-0.15, -0.1) is 0 Å². The first kappa shape index (κ1) is 20.9. The van der Waals surface area contributed by atoms with E-state index in [0.717, 1.165) is 25.0 Å². The fraction of sp³-hybridized carbons (Fsp3) is 0.333. The second-order valence-corrected chi connectivity index (χ2v) is 13.5. The summed E-state index contributed by atoms with van der Waals surface area (Å²) in [5.74, 6) is 0.989. The van der Waals surface area contributed by atoms with E-state index in [2.05, 4.69) is 99.6 Å². The molecule has 4 rings (SSSR count). The number of aryl methyl sites for hydroxylation is 1. The summed E-state index contributed by atoms with van der Waals surface area (Å²) in [5, 5.41) is 2.68. The van der Waals surface area contributed by atoms with Crippen molar-refractivity contribution in [3.63, 3.8) is 0 Å². The van der Waals surface area contributed by atoms with Crippen LogP contribution in [0.25, 0.3) is 0 Å². The summed E-state index contributed by atoms with van der Waals surface area (Å²) < 4.78 is 13.0. The van der Waals surface area contributed by atoms with Gasteiger partial charge in [-0.05, 0) is 45.4 Å². The Kier molecular flexibility index (Phi) is 5.85. The molecule has 0 saturated heterocycles. The molecule has 3 aromatic rings. The normalized spacial score (nSPS) is 16.7. The predicted molar refractivity (Wildman–Crippen MR) is 128 cm³/mol. The van der Waals surface area contributed by atoms with Crippen LogP contribution in [0.1, 0.15) is 38.3 Å². The number of methoxy groups -OCH3 is 1. The van der Waals surface area contributed by atoms with E-state index in [0.29, 0.717) is 0 Å². The molecule has 0 saturated carbocycles. The lowest BCUT2D eigenvalue weighted by Crippen LogP contribution is -2.68. The molecule has 0 heterocycles. The minimum absolute atomic E-state index is 0.00322. The zero-order valence-electron chi connectivity index (χ0n) is 18.5. The highest BCUT2D eigenvalue weighted by Crippen LogP contribution is 2.40. The van der Waals surface area contributed by atoms with Crippen molar-refractivity contribution in [3.8, 4) is 5.75 Å². The number of benzene rings is 3. The Balaban J connectivity index is 1.80. The third-order valence-electron chi connectivity index (χ3n) is 6.38.